The average Bonchev–Trinajstić information content (AvgIpc) is 3.38. The zero-order valence-electron chi connectivity index (χ0n) is 17.9. The Morgan fingerprint density at radius 2 is 2.16 bits per heavy atom. The van der Waals surface area contributed by atoms with Gasteiger partial charge in [0.25, 0.3) is 0 Å². The van der Waals surface area contributed by atoms with Crippen molar-refractivity contribution >= 4 is 29.3 Å². The Kier molecular flexibility index (Phi) is 6.05. The van der Waals surface area contributed by atoms with Crippen LogP contribution in [0.25, 0.3) is 0 Å². The van der Waals surface area contributed by atoms with E-state index in [9.17, 15) is 20.0 Å². The predicted octanol–water partition coefficient (Wildman–Crippen LogP) is 1.06. The molecule has 0 bridgehead atoms. The fraction of sp³-hybridized carbons (Fsp3) is 0.524. The van der Waals surface area contributed by atoms with Crippen molar-refractivity contribution in [2.75, 3.05) is 29.9 Å². The van der Waals surface area contributed by atoms with Crippen LogP contribution >= 0.6 is 0 Å². The topological polar surface area (TPSA) is 140 Å². The summed E-state index contributed by atoms with van der Waals surface area (Å²) in [5, 5.41) is 26.3. The lowest BCUT2D eigenvalue weighted by atomic mass is 9.85. The summed E-state index contributed by atoms with van der Waals surface area (Å²) >= 11 is 0. The van der Waals surface area contributed by atoms with Crippen LogP contribution in [0.1, 0.15) is 32.6 Å². The van der Waals surface area contributed by atoms with Crippen molar-refractivity contribution in [1.82, 2.24) is 24.6 Å². The van der Waals surface area contributed by atoms with Crippen molar-refractivity contribution in [1.29, 1.82) is 5.26 Å². The van der Waals surface area contributed by atoms with Gasteiger partial charge >= 0.3 is 0 Å². The number of nitrogens with zero attached hydrogens (tertiary/aromatic N) is 7. The Labute approximate surface area is 185 Å². The molecule has 0 radical (unpaired) electrons. The monoisotopic (exact) mass is 438 g/mol. The fourth-order valence-electron chi connectivity index (χ4n) is 4.06. The highest BCUT2D eigenvalue weighted by Crippen LogP contribution is 2.36. The summed E-state index contributed by atoms with van der Waals surface area (Å²) < 4.78 is 1.53. The molecule has 2 fully saturated rings. The molecular formula is C21H26N8O3. The summed E-state index contributed by atoms with van der Waals surface area (Å²) in [7, 11) is 0. The highest BCUT2D eigenvalue weighted by atomic mass is 16.3. The SMILES string of the molecule is CC[C@]1(C#N)CCN(c2ccnc(Nc3cnn(CC(=O)N4CCC(O)CC4)c3)n2)C1=O. The average molecular weight is 438 g/mol. The molecule has 4 heterocycles. The van der Waals surface area contributed by atoms with Gasteiger partial charge in [-0.05, 0) is 31.7 Å². The van der Waals surface area contributed by atoms with Gasteiger partial charge in [-0.25, -0.2) is 4.98 Å². The maximum absolute atomic E-state index is 12.8. The Morgan fingerprint density at radius 3 is 2.84 bits per heavy atom. The quantitative estimate of drug-likeness (QED) is 0.682. The van der Waals surface area contributed by atoms with E-state index in [1.54, 1.807) is 29.6 Å². The zero-order chi connectivity index (χ0) is 22.7. The van der Waals surface area contributed by atoms with Gasteiger partial charge in [0.2, 0.25) is 17.8 Å². The van der Waals surface area contributed by atoms with Crippen molar-refractivity contribution < 1.29 is 14.7 Å². The van der Waals surface area contributed by atoms with Gasteiger partial charge in [-0.2, -0.15) is 15.3 Å². The van der Waals surface area contributed by atoms with E-state index in [2.05, 4.69) is 26.5 Å². The second kappa shape index (κ2) is 8.92. The van der Waals surface area contributed by atoms with E-state index in [0.717, 1.165) is 0 Å². The van der Waals surface area contributed by atoms with Crippen molar-refractivity contribution in [2.24, 2.45) is 5.41 Å². The molecule has 0 unspecified atom stereocenters. The van der Waals surface area contributed by atoms with Crippen LogP contribution in [0, 0.1) is 16.7 Å². The Hall–Kier alpha value is -3.52. The first kappa shape index (κ1) is 21.7. The number of nitriles is 1. The highest BCUT2D eigenvalue weighted by molar-refractivity contribution is 6.01. The lowest BCUT2D eigenvalue weighted by molar-refractivity contribution is -0.134. The molecule has 0 aliphatic carbocycles. The summed E-state index contributed by atoms with van der Waals surface area (Å²) in [4.78, 5) is 37.1. The first-order valence-corrected chi connectivity index (χ1v) is 10.8. The van der Waals surface area contributed by atoms with Gasteiger partial charge in [0.05, 0.1) is 24.1 Å². The van der Waals surface area contributed by atoms with Gasteiger partial charge < -0.3 is 15.3 Å². The number of rotatable bonds is 6. The minimum absolute atomic E-state index is 0.0470. The first-order valence-electron chi connectivity index (χ1n) is 10.8. The lowest BCUT2D eigenvalue weighted by Crippen LogP contribution is -2.41. The van der Waals surface area contributed by atoms with Crippen LogP contribution in [0.2, 0.25) is 0 Å². The van der Waals surface area contributed by atoms with Crippen LogP contribution in [0.3, 0.4) is 0 Å². The molecule has 0 aromatic carbocycles. The number of hydrogen-bond donors (Lipinski definition) is 2. The molecule has 2 aliphatic heterocycles. The zero-order valence-corrected chi connectivity index (χ0v) is 17.9. The van der Waals surface area contributed by atoms with E-state index in [1.165, 1.54) is 9.58 Å². The van der Waals surface area contributed by atoms with Crippen LogP contribution in [-0.4, -0.2) is 67.3 Å². The van der Waals surface area contributed by atoms with Crippen LogP contribution < -0.4 is 10.2 Å². The molecule has 2 N–H and O–H groups in total. The molecule has 0 saturated carbocycles. The first-order chi connectivity index (χ1) is 15.4. The molecule has 11 heteroatoms. The molecule has 2 aliphatic rings. The van der Waals surface area contributed by atoms with Crippen molar-refractivity contribution in [3.05, 3.63) is 24.7 Å². The van der Waals surface area contributed by atoms with Crippen molar-refractivity contribution in [3.63, 3.8) is 0 Å². The smallest absolute Gasteiger partial charge is 0.248 e. The molecule has 168 valence electrons. The highest BCUT2D eigenvalue weighted by Gasteiger charge is 2.46. The summed E-state index contributed by atoms with van der Waals surface area (Å²) in [6, 6.07) is 3.81. The van der Waals surface area contributed by atoms with Gasteiger partial charge in [0.15, 0.2) is 0 Å². The van der Waals surface area contributed by atoms with E-state index in [0.29, 0.717) is 56.8 Å². The van der Waals surface area contributed by atoms with Crippen LogP contribution in [0.4, 0.5) is 17.5 Å². The standard InChI is InChI=1S/C21H26N8O3/c1-2-21(14-22)6-10-29(19(21)32)17-3-7-23-20(26-17)25-15-11-24-28(12-15)13-18(31)27-8-4-16(30)5-9-27/h3,7,11-12,16,30H,2,4-6,8-10,13H2,1H3,(H,23,25,26)/t21-/m1/s1. The summed E-state index contributed by atoms with van der Waals surface area (Å²) in [6.07, 6.45) is 6.61. The van der Waals surface area contributed by atoms with Gasteiger partial charge in [-0.1, -0.05) is 6.92 Å². The molecule has 2 aromatic rings. The molecule has 1 atom stereocenters. The molecule has 2 amide bonds. The summed E-state index contributed by atoms with van der Waals surface area (Å²) in [5.74, 6) is 0.447. The van der Waals surface area contributed by atoms with Crippen molar-refractivity contribution in [3.8, 4) is 6.07 Å². The Morgan fingerprint density at radius 1 is 1.38 bits per heavy atom. The van der Waals surface area contributed by atoms with Gasteiger partial charge in [-0.3, -0.25) is 19.2 Å². The molecule has 4 rings (SSSR count). The molecule has 32 heavy (non-hydrogen) atoms. The minimum Gasteiger partial charge on any atom is -0.393 e. The predicted molar refractivity (Wildman–Crippen MR) is 115 cm³/mol. The number of amides is 2. The molecule has 0 spiro atoms. The lowest BCUT2D eigenvalue weighted by Gasteiger charge is -2.29. The molecule has 2 aromatic heterocycles. The Bertz CT molecular complexity index is 1040. The number of anilines is 3. The van der Waals surface area contributed by atoms with E-state index >= 15 is 0 Å². The number of hydrogen-bond acceptors (Lipinski definition) is 8. The maximum atomic E-state index is 12.8. The van der Waals surface area contributed by atoms with Crippen LogP contribution in [0.5, 0.6) is 0 Å². The van der Waals surface area contributed by atoms with E-state index in [1.807, 2.05) is 6.92 Å². The third-order valence-corrected chi connectivity index (χ3v) is 6.16. The molecule has 2 saturated heterocycles. The second-order valence-corrected chi connectivity index (χ2v) is 8.16. The molecular weight excluding hydrogens is 412 g/mol. The van der Waals surface area contributed by atoms with E-state index in [4.69, 9.17) is 0 Å². The third kappa shape index (κ3) is 4.27. The number of aliphatic hydroxyl groups is 1. The second-order valence-electron chi connectivity index (χ2n) is 8.16. The number of carbonyl (C=O) groups excluding carboxylic acids is 2. The van der Waals surface area contributed by atoms with Gasteiger partial charge in [-0.15, -0.1) is 0 Å². The molecule has 11 nitrogen and oxygen atoms in total. The summed E-state index contributed by atoms with van der Waals surface area (Å²) in [5.41, 5.74) is -0.379. The number of carbonyl (C=O) groups is 2. The number of piperidine rings is 1. The maximum Gasteiger partial charge on any atom is 0.248 e. The van der Waals surface area contributed by atoms with Crippen molar-refractivity contribution in [2.45, 2.75) is 45.3 Å². The number of nitrogens with one attached hydrogen (secondary N) is 1. The number of aromatic nitrogens is 4. The van der Waals surface area contributed by atoms with Gasteiger partial charge in [0, 0.05) is 32.0 Å². The number of likely N-dealkylation sites (tertiary alicyclic amines) is 1. The fourth-order valence-corrected chi connectivity index (χ4v) is 4.06. The minimum atomic E-state index is -0.987. The Balaban J connectivity index is 1.40. The normalized spacial score (nSPS) is 21.6. The largest absolute Gasteiger partial charge is 0.393 e. The van der Waals surface area contributed by atoms with Crippen LogP contribution in [0.15, 0.2) is 24.7 Å². The summed E-state index contributed by atoms with van der Waals surface area (Å²) in [6.45, 7) is 3.48. The van der Waals surface area contributed by atoms with E-state index in [-0.39, 0.29) is 30.4 Å². The van der Waals surface area contributed by atoms with Gasteiger partial charge in [0.1, 0.15) is 17.8 Å². The third-order valence-electron chi connectivity index (χ3n) is 6.16. The van der Waals surface area contributed by atoms with E-state index < -0.39 is 5.41 Å². The number of aliphatic hydroxyl groups excluding tert-OH is 1. The van der Waals surface area contributed by atoms with Crippen LogP contribution in [-0.2, 0) is 16.1 Å².